The lowest BCUT2D eigenvalue weighted by Gasteiger charge is -2.09. The van der Waals surface area contributed by atoms with Crippen LogP contribution in [0.2, 0.25) is 0 Å². The highest BCUT2D eigenvalue weighted by molar-refractivity contribution is 5.92. The number of nitrogens with zero attached hydrogens (tertiary/aromatic N) is 3. The summed E-state index contributed by atoms with van der Waals surface area (Å²) in [6.45, 7) is 2.08. The molecule has 2 heterocycles. The van der Waals surface area contributed by atoms with Gasteiger partial charge in [0.2, 0.25) is 0 Å². The Morgan fingerprint density at radius 1 is 1.39 bits per heavy atom. The molecule has 0 fully saturated rings. The molecule has 0 N–H and O–H groups in total. The molecule has 2 aromatic rings. The summed E-state index contributed by atoms with van der Waals surface area (Å²) >= 11 is 0. The van der Waals surface area contributed by atoms with E-state index in [9.17, 15) is 4.79 Å². The van der Waals surface area contributed by atoms with Gasteiger partial charge in [0.1, 0.15) is 11.4 Å². The van der Waals surface area contributed by atoms with E-state index >= 15 is 0 Å². The number of methoxy groups -OCH3 is 1. The number of carbonyl (C=O) groups is 1. The molecule has 0 saturated heterocycles. The van der Waals surface area contributed by atoms with Crippen molar-refractivity contribution in [3.05, 3.63) is 42.1 Å². The molecule has 2 rings (SSSR count). The number of hydrogen-bond acceptors (Lipinski definition) is 4. The van der Waals surface area contributed by atoms with Crippen LogP contribution in [-0.2, 0) is 11.2 Å². The van der Waals surface area contributed by atoms with Gasteiger partial charge in [0, 0.05) is 25.0 Å². The van der Waals surface area contributed by atoms with Gasteiger partial charge in [-0.1, -0.05) is 6.92 Å². The average Bonchev–Trinajstić information content (AvgIpc) is 2.86. The van der Waals surface area contributed by atoms with Crippen LogP contribution in [0.4, 0.5) is 0 Å². The molecular formula is C13H15N3O2. The minimum Gasteiger partial charge on any atom is -0.465 e. The fraction of sp³-hybridized carbons (Fsp3) is 0.308. The van der Waals surface area contributed by atoms with Gasteiger partial charge in [0.05, 0.1) is 7.11 Å². The third-order valence-corrected chi connectivity index (χ3v) is 2.61. The Hall–Kier alpha value is -2.17. The van der Waals surface area contributed by atoms with Gasteiger partial charge in [0.25, 0.3) is 0 Å². The maximum Gasteiger partial charge on any atom is 0.341 e. The van der Waals surface area contributed by atoms with Gasteiger partial charge < -0.3 is 4.74 Å². The van der Waals surface area contributed by atoms with E-state index in [1.165, 1.54) is 7.11 Å². The summed E-state index contributed by atoms with van der Waals surface area (Å²) in [5, 5.41) is 0. The van der Waals surface area contributed by atoms with Crippen LogP contribution in [0.3, 0.4) is 0 Å². The molecule has 5 nitrogen and oxygen atoms in total. The molecule has 0 aromatic carbocycles. The Morgan fingerprint density at radius 3 is 2.94 bits per heavy atom. The van der Waals surface area contributed by atoms with Gasteiger partial charge >= 0.3 is 5.97 Å². The first kappa shape index (κ1) is 12.3. The monoisotopic (exact) mass is 245 g/mol. The quantitative estimate of drug-likeness (QED) is 0.773. The molecule has 94 valence electrons. The highest BCUT2D eigenvalue weighted by atomic mass is 16.5. The van der Waals surface area contributed by atoms with E-state index < -0.39 is 5.97 Å². The van der Waals surface area contributed by atoms with E-state index in [0.29, 0.717) is 11.4 Å². The molecular weight excluding hydrogens is 230 g/mol. The van der Waals surface area contributed by atoms with E-state index in [4.69, 9.17) is 4.74 Å². The van der Waals surface area contributed by atoms with Gasteiger partial charge in [-0.3, -0.25) is 4.57 Å². The summed E-state index contributed by atoms with van der Waals surface area (Å²) in [5.41, 5.74) is 0.440. The molecule has 0 bridgehead atoms. The van der Waals surface area contributed by atoms with Crippen LogP contribution in [0.1, 0.15) is 29.5 Å². The molecule has 0 aliphatic carbocycles. The summed E-state index contributed by atoms with van der Waals surface area (Å²) in [6, 6.07) is 3.41. The highest BCUT2D eigenvalue weighted by Crippen LogP contribution is 2.15. The van der Waals surface area contributed by atoms with Crippen molar-refractivity contribution in [2.24, 2.45) is 0 Å². The van der Waals surface area contributed by atoms with Crippen LogP contribution in [-0.4, -0.2) is 27.6 Å². The van der Waals surface area contributed by atoms with Gasteiger partial charge in [-0.2, -0.15) is 0 Å². The van der Waals surface area contributed by atoms with Gasteiger partial charge in [-0.05, 0) is 18.6 Å². The maximum absolute atomic E-state index is 11.7. The zero-order valence-electron chi connectivity index (χ0n) is 10.5. The zero-order valence-corrected chi connectivity index (χ0v) is 10.5. The summed E-state index contributed by atoms with van der Waals surface area (Å²) in [5.74, 6) is 1.06. The van der Waals surface area contributed by atoms with Crippen LogP contribution >= 0.6 is 0 Å². The number of aromatic nitrogens is 3. The van der Waals surface area contributed by atoms with Crippen molar-refractivity contribution in [1.29, 1.82) is 0 Å². The predicted octanol–water partition coefficient (Wildman–Crippen LogP) is 2.01. The van der Waals surface area contributed by atoms with E-state index in [-0.39, 0.29) is 0 Å². The molecule has 5 heteroatoms. The Morgan fingerprint density at radius 2 is 2.22 bits per heavy atom. The van der Waals surface area contributed by atoms with Crippen molar-refractivity contribution in [3.8, 4) is 5.82 Å². The van der Waals surface area contributed by atoms with Crippen LogP contribution in [0.25, 0.3) is 5.82 Å². The second-order valence-corrected chi connectivity index (χ2v) is 3.83. The lowest BCUT2D eigenvalue weighted by atomic mass is 10.2. The summed E-state index contributed by atoms with van der Waals surface area (Å²) < 4.78 is 6.59. The molecule has 0 saturated carbocycles. The molecule has 0 aliphatic rings. The molecule has 2 aromatic heterocycles. The first-order valence-corrected chi connectivity index (χ1v) is 5.83. The van der Waals surface area contributed by atoms with Crippen molar-refractivity contribution in [2.75, 3.05) is 7.11 Å². The summed E-state index contributed by atoms with van der Waals surface area (Å²) in [6.07, 6.45) is 6.99. The number of aryl methyl sites for hydroxylation is 1. The smallest absolute Gasteiger partial charge is 0.341 e. The van der Waals surface area contributed by atoms with Crippen molar-refractivity contribution in [3.63, 3.8) is 0 Å². The number of rotatable bonds is 4. The van der Waals surface area contributed by atoms with Crippen molar-refractivity contribution >= 4 is 5.97 Å². The van der Waals surface area contributed by atoms with Crippen molar-refractivity contribution in [1.82, 2.24) is 14.5 Å². The van der Waals surface area contributed by atoms with Gasteiger partial charge in [-0.25, -0.2) is 14.8 Å². The number of esters is 1. The Labute approximate surface area is 105 Å². The normalized spacial score (nSPS) is 10.3. The standard InChI is InChI=1S/C13H15N3O2/c1-3-5-11-14-8-9-16(11)12-10(13(17)18-2)6-4-7-15-12/h4,6-9H,3,5H2,1-2H3. The van der Waals surface area contributed by atoms with E-state index in [0.717, 1.165) is 18.7 Å². The number of hydrogen-bond donors (Lipinski definition) is 0. The first-order valence-electron chi connectivity index (χ1n) is 5.83. The molecule has 0 atom stereocenters. The third kappa shape index (κ3) is 2.25. The third-order valence-electron chi connectivity index (χ3n) is 2.61. The van der Waals surface area contributed by atoms with Gasteiger partial charge in [-0.15, -0.1) is 0 Å². The number of ether oxygens (including phenoxy) is 1. The zero-order chi connectivity index (χ0) is 13.0. The summed E-state index contributed by atoms with van der Waals surface area (Å²) in [7, 11) is 1.36. The van der Waals surface area contributed by atoms with E-state index in [1.807, 2.05) is 4.57 Å². The topological polar surface area (TPSA) is 57.0 Å². The van der Waals surface area contributed by atoms with Crippen molar-refractivity contribution in [2.45, 2.75) is 19.8 Å². The fourth-order valence-corrected chi connectivity index (χ4v) is 1.79. The number of carbonyl (C=O) groups excluding carboxylic acids is 1. The Bertz CT molecular complexity index is 549. The average molecular weight is 245 g/mol. The number of imidazole rings is 1. The van der Waals surface area contributed by atoms with Gasteiger partial charge in [0.15, 0.2) is 5.82 Å². The fourth-order valence-electron chi connectivity index (χ4n) is 1.79. The van der Waals surface area contributed by atoms with Crippen LogP contribution in [0.5, 0.6) is 0 Å². The Balaban J connectivity index is 2.50. The molecule has 0 spiro atoms. The highest BCUT2D eigenvalue weighted by Gasteiger charge is 2.15. The van der Waals surface area contributed by atoms with Crippen LogP contribution in [0.15, 0.2) is 30.7 Å². The molecule has 0 aliphatic heterocycles. The SMILES string of the molecule is CCCc1nccn1-c1ncccc1C(=O)OC. The second kappa shape index (κ2) is 5.44. The van der Waals surface area contributed by atoms with E-state index in [2.05, 4.69) is 16.9 Å². The van der Waals surface area contributed by atoms with Crippen LogP contribution in [0, 0.1) is 0 Å². The lowest BCUT2D eigenvalue weighted by molar-refractivity contribution is 0.0600. The molecule has 18 heavy (non-hydrogen) atoms. The number of pyridine rings is 1. The second-order valence-electron chi connectivity index (χ2n) is 3.83. The lowest BCUT2D eigenvalue weighted by Crippen LogP contribution is -2.11. The predicted molar refractivity (Wildman–Crippen MR) is 66.7 cm³/mol. The minimum absolute atomic E-state index is 0.394. The minimum atomic E-state index is -0.394. The largest absolute Gasteiger partial charge is 0.465 e. The molecule has 0 radical (unpaired) electrons. The van der Waals surface area contributed by atoms with Crippen molar-refractivity contribution < 1.29 is 9.53 Å². The van der Waals surface area contributed by atoms with Crippen LogP contribution < -0.4 is 0 Å². The first-order chi connectivity index (χ1) is 8.77. The molecule has 0 amide bonds. The van der Waals surface area contributed by atoms with E-state index in [1.54, 1.807) is 30.7 Å². The maximum atomic E-state index is 11.7. The molecule has 0 unspecified atom stereocenters. The Kier molecular flexibility index (Phi) is 3.72. The summed E-state index contributed by atoms with van der Waals surface area (Å²) in [4.78, 5) is 20.2.